The Kier molecular flexibility index (Phi) is 3.47. The van der Waals surface area contributed by atoms with Crippen LogP contribution in [0.2, 0.25) is 0 Å². The normalized spacial score (nSPS) is 10.3. The van der Waals surface area contributed by atoms with Crippen molar-refractivity contribution in [1.29, 1.82) is 0 Å². The van der Waals surface area contributed by atoms with Gasteiger partial charge in [0.2, 0.25) is 0 Å². The molecular weight excluding hydrogens is 266 g/mol. The zero-order chi connectivity index (χ0) is 14.7. The molecular formula is C16H15N3O2. The monoisotopic (exact) mass is 281 g/mol. The third-order valence-electron chi connectivity index (χ3n) is 3.17. The molecule has 5 heteroatoms. The Balaban J connectivity index is 1.74. The van der Waals surface area contributed by atoms with Gasteiger partial charge in [-0.3, -0.25) is 0 Å². The second kappa shape index (κ2) is 5.58. The van der Waals surface area contributed by atoms with Crippen LogP contribution >= 0.6 is 0 Å². The van der Waals surface area contributed by atoms with Crippen LogP contribution in [-0.2, 0) is 0 Å². The first-order chi connectivity index (χ1) is 10.3. The Hall–Kier alpha value is -2.95. The van der Waals surface area contributed by atoms with Gasteiger partial charge in [-0.2, -0.15) is 0 Å². The molecule has 0 saturated carbocycles. The van der Waals surface area contributed by atoms with Crippen LogP contribution in [0.15, 0.2) is 54.7 Å². The second-order valence-corrected chi connectivity index (χ2v) is 4.56. The van der Waals surface area contributed by atoms with E-state index in [0.29, 0.717) is 11.4 Å². The molecule has 2 amide bonds. The number of urea groups is 1. The lowest BCUT2D eigenvalue weighted by molar-refractivity contribution is 0.262. The summed E-state index contributed by atoms with van der Waals surface area (Å²) in [5, 5.41) is 6.58. The summed E-state index contributed by atoms with van der Waals surface area (Å²) in [7, 11) is 1.59. The largest absolute Gasteiger partial charge is 0.497 e. The number of hydrogen-bond acceptors (Lipinski definition) is 2. The van der Waals surface area contributed by atoms with Gasteiger partial charge < -0.3 is 20.4 Å². The zero-order valence-electron chi connectivity index (χ0n) is 11.5. The van der Waals surface area contributed by atoms with Gasteiger partial charge in [-0.25, -0.2) is 4.79 Å². The van der Waals surface area contributed by atoms with E-state index < -0.39 is 0 Å². The molecule has 106 valence electrons. The molecule has 0 fully saturated rings. The smallest absolute Gasteiger partial charge is 0.323 e. The maximum atomic E-state index is 12.0. The summed E-state index contributed by atoms with van der Waals surface area (Å²) in [5.74, 6) is 0.694. The summed E-state index contributed by atoms with van der Waals surface area (Å²) in [6.07, 6.45) is 1.77. The van der Waals surface area contributed by atoms with Crippen molar-refractivity contribution in [2.75, 3.05) is 17.7 Å². The third-order valence-corrected chi connectivity index (χ3v) is 3.17. The minimum atomic E-state index is -0.298. The van der Waals surface area contributed by atoms with E-state index in [1.165, 1.54) is 0 Å². The van der Waals surface area contributed by atoms with Gasteiger partial charge in [0, 0.05) is 28.9 Å². The molecule has 3 N–H and O–H groups in total. The van der Waals surface area contributed by atoms with Gasteiger partial charge in [-0.1, -0.05) is 24.3 Å². The molecule has 1 aromatic heterocycles. The number of aromatic nitrogens is 1. The predicted molar refractivity (Wildman–Crippen MR) is 83.9 cm³/mol. The van der Waals surface area contributed by atoms with Crippen LogP contribution in [0.25, 0.3) is 10.9 Å². The van der Waals surface area contributed by atoms with Crippen LogP contribution in [-0.4, -0.2) is 18.1 Å². The molecule has 0 unspecified atom stereocenters. The highest BCUT2D eigenvalue weighted by Crippen LogP contribution is 2.23. The Morgan fingerprint density at radius 2 is 1.95 bits per heavy atom. The highest BCUT2D eigenvalue weighted by atomic mass is 16.5. The van der Waals surface area contributed by atoms with Crippen molar-refractivity contribution < 1.29 is 9.53 Å². The van der Waals surface area contributed by atoms with E-state index in [1.54, 1.807) is 25.4 Å². The average molecular weight is 281 g/mol. The quantitative estimate of drug-likeness (QED) is 0.683. The number of para-hydroxylation sites is 1. The first kappa shape index (κ1) is 13.1. The van der Waals surface area contributed by atoms with Gasteiger partial charge in [0.25, 0.3) is 0 Å². The van der Waals surface area contributed by atoms with Crippen LogP contribution in [0, 0.1) is 0 Å². The maximum absolute atomic E-state index is 12.0. The summed E-state index contributed by atoms with van der Waals surface area (Å²) >= 11 is 0. The number of methoxy groups -OCH3 is 1. The summed E-state index contributed by atoms with van der Waals surface area (Å²) in [4.78, 5) is 15.2. The summed E-state index contributed by atoms with van der Waals surface area (Å²) in [6.45, 7) is 0. The average Bonchev–Trinajstić information content (AvgIpc) is 2.91. The molecule has 0 aliphatic rings. The SMILES string of the molecule is COc1cccc(NC(=O)Nc2c[nH]c3ccccc23)c1. The van der Waals surface area contributed by atoms with Gasteiger partial charge in [0.15, 0.2) is 0 Å². The van der Waals surface area contributed by atoms with Crippen LogP contribution in [0.5, 0.6) is 5.75 Å². The van der Waals surface area contributed by atoms with E-state index >= 15 is 0 Å². The van der Waals surface area contributed by atoms with Crippen molar-refractivity contribution in [2.45, 2.75) is 0 Å². The molecule has 0 saturated heterocycles. The van der Waals surface area contributed by atoms with Gasteiger partial charge in [0.05, 0.1) is 12.8 Å². The Bertz CT molecular complexity index is 780. The molecule has 3 rings (SSSR count). The van der Waals surface area contributed by atoms with Crippen LogP contribution in [0.3, 0.4) is 0 Å². The van der Waals surface area contributed by atoms with Gasteiger partial charge in [0.1, 0.15) is 5.75 Å². The van der Waals surface area contributed by atoms with Crippen LogP contribution in [0.4, 0.5) is 16.2 Å². The molecule has 0 aliphatic heterocycles. The third kappa shape index (κ3) is 2.81. The van der Waals surface area contributed by atoms with Crippen LogP contribution < -0.4 is 15.4 Å². The number of anilines is 2. The number of rotatable bonds is 3. The lowest BCUT2D eigenvalue weighted by atomic mass is 10.2. The number of H-pyrrole nitrogens is 1. The highest BCUT2D eigenvalue weighted by molar-refractivity contribution is 6.05. The highest BCUT2D eigenvalue weighted by Gasteiger charge is 2.07. The number of ether oxygens (including phenoxy) is 1. The number of amides is 2. The molecule has 2 aromatic carbocycles. The second-order valence-electron chi connectivity index (χ2n) is 4.56. The van der Waals surface area contributed by atoms with E-state index in [4.69, 9.17) is 4.74 Å². The molecule has 0 bridgehead atoms. The lowest BCUT2D eigenvalue weighted by Crippen LogP contribution is -2.19. The van der Waals surface area contributed by atoms with Crippen LogP contribution in [0.1, 0.15) is 0 Å². The fourth-order valence-electron chi connectivity index (χ4n) is 2.16. The van der Waals surface area contributed by atoms with E-state index in [0.717, 1.165) is 16.6 Å². The molecule has 1 heterocycles. The van der Waals surface area contributed by atoms with E-state index in [-0.39, 0.29) is 6.03 Å². The van der Waals surface area contributed by atoms with Crippen molar-refractivity contribution >= 4 is 28.3 Å². The van der Waals surface area contributed by atoms with E-state index in [9.17, 15) is 4.79 Å². The molecule has 3 aromatic rings. The Labute approximate surface area is 121 Å². The zero-order valence-corrected chi connectivity index (χ0v) is 11.5. The minimum Gasteiger partial charge on any atom is -0.497 e. The van der Waals surface area contributed by atoms with Crippen molar-refractivity contribution in [2.24, 2.45) is 0 Å². The number of benzene rings is 2. The lowest BCUT2D eigenvalue weighted by Gasteiger charge is -2.08. The Morgan fingerprint density at radius 3 is 2.81 bits per heavy atom. The first-order valence-corrected chi connectivity index (χ1v) is 6.54. The number of aromatic amines is 1. The Morgan fingerprint density at radius 1 is 1.10 bits per heavy atom. The van der Waals surface area contributed by atoms with E-state index in [1.807, 2.05) is 36.4 Å². The van der Waals surface area contributed by atoms with E-state index in [2.05, 4.69) is 15.6 Å². The molecule has 0 aliphatic carbocycles. The summed E-state index contributed by atoms with van der Waals surface area (Å²) < 4.78 is 5.12. The van der Waals surface area contributed by atoms with Gasteiger partial charge in [-0.05, 0) is 18.2 Å². The first-order valence-electron chi connectivity index (χ1n) is 6.54. The summed E-state index contributed by atoms with van der Waals surface area (Å²) in [5.41, 5.74) is 2.40. The van der Waals surface area contributed by atoms with Crippen molar-refractivity contribution in [3.63, 3.8) is 0 Å². The van der Waals surface area contributed by atoms with Gasteiger partial charge >= 0.3 is 6.03 Å². The number of hydrogen-bond donors (Lipinski definition) is 3. The molecule has 5 nitrogen and oxygen atoms in total. The van der Waals surface area contributed by atoms with Crippen molar-refractivity contribution in [3.05, 3.63) is 54.7 Å². The number of nitrogens with one attached hydrogen (secondary N) is 3. The van der Waals surface area contributed by atoms with Gasteiger partial charge in [-0.15, -0.1) is 0 Å². The number of carbonyl (C=O) groups excluding carboxylic acids is 1. The van der Waals surface area contributed by atoms with Crippen molar-refractivity contribution in [3.8, 4) is 5.75 Å². The fraction of sp³-hybridized carbons (Fsp3) is 0.0625. The molecule has 0 radical (unpaired) electrons. The fourth-order valence-corrected chi connectivity index (χ4v) is 2.16. The standard InChI is InChI=1S/C16H15N3O2/c1-21-12-6-4-5-11(9-12)18-16(20)19-15-10-17-14-8-3-2-7-13(14)15/h2-10,17H,1H3,(H2,18,19,20). The molecule has 0 atom stereocenters. The maximum Gasteiger partial charge on any atom is 0.323 e. The summed E-state index contributed by atoms with van der Waals surface area (Å²) in [6, 6.07) is 14.7. The predicted octanol–water partition coefficient (Wildman–Crippen LogP) is 3.82. The molecule has 21 heavy (non-hydrogen) atoms. The minimum absolute atomic E-state index is 0.298. The number of carbonyl (C=O) groups is 1. The number of fused-ring (bicyclic) bond motifs is 1. The van der Waals surface area contributed by atoms with Crippen molar-refractivity contribution in [1.82, 2.24) is 4.98 Å². The topological polar surface area (TPSA) is 66.2 Å². The molecule has 0 spiro atoms.